The number of methoxy groups -OCH3 is 1. The predicted molar refractivity (Wildman–Crippen MR) is 119 cm³/mol. The molecule has 0 spiro atoms. The summed E-state index contributed by atoms with van der Waals surface area (Å²) in [4.78, 5) is 25.0. The van der Waals surface area contributed by atoms with E-state index in [2.05, 4.69) is 33.2 Å². The Kier molecular flexibility index (Phi) is 6.71. The summed E-state index contributed by atoms with van der Waals surface area (Å²) in [5.41, 5.74) is 1.62. The molecule has 0 aliphatic carbocycles. The second kappa shape index (κ2) is 9.23. The van der Waals surface area contributed by atoms with Crippen LogP contribution in [0.1, 0.15) is 20.7 Å². The Morgan fingerprint density at radius 1 is 0.931 bits per heavy atom. The van der Waals surface area contributed by atoms with Crippen molar-refractivity contribution in [1.82, 2.24) is 0 Å². The molecule has 29 heavy (non-hydrogen) atoms. The Morgan fingerprint density at radius 3 is 2.21 bits per heavy atom. The number of hydrogen-bond donors (Lipinski definition) is 2. The van der Waals surface area contributed by atoms with Crippen molar-refractivity contribution in [3.63, 3.8) is 0 Å². The van der Waals surface area contributed by atoms with Gasteiger partial charge >= 0.3 is 0 Å². The van der Waals surface area contributed by atoms with Gasteiger partial charge in [0.25, 0.3) is 11.8 Å². The third-order valence-corrected chi connectivity index (χ3v) is 5.11. The summed E-state index contributed by atoms with van der Waals surface area (Å²) in [7, 11) is 1.56. The molecule has 5 nitrogen and oxygen atoms in total. The molecule has 0 unspecified atom stereocenters. The minimum atomic E-state index is -0.567. The average Bonchev–Trinajstić information content (AvgIpc) is 2.71. The second-order valence-electron chi connectivity index (χ2n) is 5.97. The van der Waals surface area contributed by atoms with Gasteiger partial charge in [0, 0.05) is 22.5 Å². The SMILES string of the molecule is COc1ccc(C(=O)Nc2cccc(C(=O)Nc3ccc(F)c(Cl)c3)c2)cc1I. The van der Waals surface area contributed by atoms with Gasteiger partial charge in [-0.05, 0) is 77.2 Å². The highest BCUT2D eigenvalue weighted by molar-refractivity contribution is 14.1. The lowest BCUT2D eigenvalue weighted by molar-refractivity contribution is 0.101. The van der Waals surface area contributed by atoms with Crippen LogP contribution >= 0.6 is 34.2 Å². The molecule has 3 aromatic rings. The van der Waals surface area contributed by atoms with Gasteiger partial charge in [0.15, 0.2) is 0 Å². The van der Waals surface area contributed by atoms with Crippen LogP contribution in [0.3, 0.4) is 0 Å². The topological polar surface area (TPSA) is 67.4 Å². The van der Waals surface area contributed by atoms with E-state index in [1.807, 2.05) is 0 Å². The summed E-state index contributed by atoms with van der Waals surface area (Å²) in [6.45, 7) is 0. The molecule has 0 aromatic heterocycles. The minimum Gasteiger partial charge on any atom is -0.496 e. The van der Waals surface area contributed by atoms with Crippen LogP contribution in [0.15, 0.2) is 60.7 Å². The molecule has 0 heterocycles. The molecule has 148 valence electrons. The van der Waals surface area contributed by atoms with Crippen molar-refractivity contribution in [1.29, 1.82) is 0 Å². The molecule has 2 amide bonds. The van der Waals surface area contributed by atoms with Crippen LogP contribution in [-0.2, 0) is 0 Å². The number of nitrogens with one attached hydrogen (secondary N) is 2. The Morgan fingerprint density at radius 2 is 1.59 bits per heavy atom. The van der Waals surface area contributed by atoms with Crippen molar-refractivity contribution < 1.29 is 18.7 Å². The zero-order valence-corrected chi connectivity index (χ0v) is 18.0. The van der Waals surface area contributed by atoms with Gasteiger partial charge in [-0.2, -0.15) is 0 Å². The maximum Gasteiger partial charge on any atom is 0.255 e. The van der Waals surface area contributed by atoms with Crippen molar-refractivity contribution in [2.45, 2.75) is 0 Å². The van der Waals surface area contributed by atoms with Gasteiger partial charge in [0.05, 0.1) is 15.7 Å². The van der Waals surface area contributed by atoms with Crippen LogP contribution in [0.25, 0.3) is 0 Å². The quantitative estimate of drug-likeness (QED) is 0.427. The van der Waals surface area contributed by atoms with E-state index in [1.165, 1.54) is 18.2 Å². The van der Waals surface area contributed by atoms with Crippen LogP contribution in [0.4, 0.5) is 15.8 Å². The minimum absolute atomic E-state index is 0.0852. The standard InChI is InChI=1S/C21H15ClFIN2O3/c1-29-19-8-5-13(10-18(19)24)21(28)25-14-4-2-3-12(9-14)20(27)26-15-6-7-17(23)16(22)11-15/h2-11H,1H3,(H,25,28)(H,26,27). The molecule has 8 heteroatoms. The van der Waals surface area contributed by atoms with Crippen molar-refractivity contribution in [3.05, 3.63) is 86.2 Å². The molecule has 3 aromatic carbocycles. The summed E-state index contributed by atoms with van der Waals surface area (Å²) in [6.07, 6.45) is 0. The molecule has 0 aliphatic heterocycles. The summed E-state index contributed by atoms with van der Waals surface area (Å²) in [5, 5.41) is 5.32. The van der Waals surface area contributed by atoms with Gasteiger partial charge in [-0.25, -0.2) is 4.39 Å². The first-order valence-electron chi connectivity index (χ1n) is 8.39. The summed E-state index contributed by atoms with van der Waals surface area (Å²) in [5.74, 6) is -0.611. The zero-order valence-electron chi connectivity index (χ0n) is 15.1. The fourth-order valence-electron chi connectivity index (χ4n) is 2.53. The third kappa shape index (κ3) is 5.24. The van der Waals surface area contributed by atoms with E-state index in [9.17, 15) is 14.0 Å². The second-order valence-corrected chi connectivity index (χ2v) is 7.54. The molecule has 2 N–H and O–H groups in total. The molecular weight excluding hydrogens is 510 g/mol. The smallest absolute Gasteiger partial charge is 0.255 e. The van der Waals surface area contributed by atoms with E-state index in [0.29, 0.717) is 28.3 Å². The number of rotatable bonds is 5. The first-order chi connectivity index (χ1) is 13.9. The maximum atomic E-state index is 13.2. The Bertz CT molecular complexity index is 1090. The lowest BCUT2D eigenvalue weighted by Crippen LogP contribution is -2.15. The van der Waals surface area contributed by atoms with E-state index in [-0.39, 0.29) is 10.9 Å². The van der Waals surface area contributed by atoms with Gasteiger partial charge in [-0.15, -0.1) is 0 Å². The van der Waals surface area contributed by atoms with Gasteiger partial charge < -0.3 is 15.4 Å². The molecular formula is C21H15ClFIN2O3. The molecule has 0 radical (unpaired) electrons. The summed E-state index contributed by atoms with van der Waals surface area (Å²) < 4.78 is 19.2. The molecule has 0 aliphatic rings. The van der Waals surface area contributed by atoms with Gasteiger partial charge in [-0.3, -0.25) is 9.59 Å². The number of benzene rings is 3. The van der Waals surface area contributed by atoms with Crippen molar-refractivity contribution in [3.8, 4) is 5.75 Å². The number of amides is 2. The highest BCUT2D eigenvalue weighted by Gasteiger charge is 2.12. The fraction of sp³-hybridized carbons (Fsp3) is 0.0476. The maximum absolute atomic E-state index is 13.2. The molecule has 3 rings (SSSR count). The van der Waals surface area contributed by atoms with E-state index in [0.717, 1.165) is 3.57 Å². The lowest BCUT2D eigenvalue weighted by atomic mass is 10.1. The van der Waals surface area contributed by atoms with E-state index >= 15 is 0 Å². The highest BCUT2D eigenvalue weighted by atomic mass is 127. The molecule has 0 bridgehead atoms. The number of anilines is 2. The van der Waals surface area contributed by atoms with Crippen LogP contribution in [-0.4, -0.2) is 18.9 Å². The average molecular weight is 525 g/mol. The number of carbonyl (C=O) groups is 2. The van der Waals surface area contributed by atoms with E-state index in [4.69, 9.17) is 16.3 Å². The largest absolute Gasteiger partial charge is 0.496 e. The first kappa shape index (κ1) is 21.1. The molecule has 0 saturated heterocycles. The van der Waals surface area contributed by atoms with Crippen LogP contribution in [0.5, 0.6) is 5.75 Å². The summed E-state index contributed by atoms with van der Waals surface area (Å²) in [6, 6.07) is 15.5. The number of carbonyl (C=O) groups excluding carboxylic acids is 2. The highest BCUT2D eigenvalue weighted by Crippen LogP contribution is 2.23. The van der Waals surface area contributed by atoms with Crippen LogP contribution in [0.2, 0.25) is 5.02 Å². The first-order valence-corrected chi connectivity index (χ1v) is 9.84. The van der Waals surface area contributed by atoms with E-state index in [1.54, 1.807) is 49.6 Å². The molecule has 0 atom stereocenters. The summed E-state index contributed by atoms with van der Waals surface area (Å²) >= 11 is 7.82. The van der Waals surface area contributed by atoms with E-state index < -0.39 is 11.7 Å². The lowest BCUT2D eigenvalue weighted by Gasteiger charge is -2.10. The number of ether oxygens (including phenoxy) is 1. The fourth-order valence-corrected chi connectivity index (χ4v) is 3.44. The molecule has 0 fully saturated rings. The van der Waals surface area contributed by atoms with Crippen molar-refractivity contribution in [2.75, 3.05) is 17.7 Å². The Labute approximate surface area is 185 Å². The predicted octanol–water partition coefficient (Wildman–Crippen LogP) is 5.60. The molecule has 0 saturated carbocycles. The van der Waals surface area contributed by atoms with Gasteiger partial charge in [-0.1, -0.05) is 17.7 Å². The number of halogens is 3. The Balaban J connectivity index is 1.73. The normalized spacial score (nSPS) is 10.3. The monoisotopic (exact) mass is 524 g/mol. The zero-order chi connectivity index (χ0) is 21.0. The van der Waals surface area contributed by atoms with Crippen molar-refractivity contribution in [2.24, 2.45) is 0 Å². The van der Waals surface area contributed by atoms with Gasteiger partial charge in [0.2, 0.25) is 0 Å². The van der Waals surface area contributed by atoms with Crippen molar-refractivity contribution >= 4 is 57.4 Å². The van der Waals surface area contributed by atoms with Crippen LogP contribution < -0.4 is 15.4 Å². The van der Waals surface area contributed by atoms with Crippen LogP contribution in [0, 0.1) is 9.39 Å². The third-order valence-electron chi connectivity index (χ3n) is 3.97. The Hall–Kier alpha value is -2.65. The van der Waals surface area contributed by atoms with Gasteiger partial charge in [0.1, 0.15) is 11.6 Å². The number of hydrogen-bond acceptors (Lipinski definition) is 3.